The third kappa shape index (κ3) is 4.57. The molecule has 1 unspecified atom stereocenters. The molecule has 0 aliphatic rings. The zero-order valence-electron chi connectivity index (χ0n) is 18.8. The predicted molar refractivity (Wildman–Crippen MR) is 136 cm³/mol. The second-order valence-electron chi connectivity index (χ2n) is 8.05. The molecule has 2 heterocycles. The van der Waals surface area contributed by atoms with Gasteiger partial charge in [-0.2, -0.15) is 5.26 Å². The lowest BCUT2D eigenvalue weighted by Gasteiger charge is -2.10. The molecule has 3 aromatic carbocycles. The number of hydrogen-bond acceptors (Lipinski definition) is 5. The maximum atomic E-state index is 15.0. The van der Waals surface area contributed by atoms with Crippen LogP contribution in [0.1, 0.15) is 16.0 Å². The van der Waals surface area contributed by atoms with E-state index in [1.165, 1.54) is 22.0 Å². The van der Waals surface area contributed by atoms with E-state index >= 15 is 0 Å². The highest BCUT2D eigenvalue weighted by molar-refractivity contribution is 7.15. The summed E-state index contributed by atoms with van der Waals surface area (Å²) in [6.45, 7) is 0. The van der Waals surface area contributed by atoms with Gasteiger partial charge in [-0.05, 0) is 29.8 Å². The van der Waals surface area contributed by atoms with Gasteiger partial charge in [-0.25, -0.2) is 9.18 Å². The first-order chi connectivity index (χ1) is 17.0. The zero-order chi connectivity index (χ0) is 24.4. The smallest absolute Gasteiger partial charge is 0.408 e. The minimum absolute atomic E-state index is 0.155. The molecule has 0 saturated carbocycles. The van der Waals surface area contributed by atoms with Gasteiger partial charge in [-0.15, -0.1) is 11.3 Å². The topological polar surface area (TPSA) is 71.3 Å². The van der Waals surface area contributed by atoms with Crippen LogP contribution in [-0.2, 0) is 13.5 Å². The van der Waals surface area contributed by atoms with Crippen molar-refractivity contribution < 1.29 is 8.81 Å². The fraction of sp³-hybridized carbons (Fsp3) is 0.107. The number of oxazole rings is 1. The summed E-state index contributed by atoms with van der Waals surface area (Å²) in [7, 11) is 1.63. The molecule has 1 atom stereocenters. The monoisotopic (exact) mass is 481 g/mol. The Morgan fingerprint density at radius 2 is 1.71 bits per heavy atom. The van der Waals surface area contributed by atoms with Gasteiger partial charge in [0.15, 0.2) is 5.58 Å². The number of fused-ring (bicyclic) bond motifs is 1. The zero-order valence-corrected chi connectivity index (χ0v) is 19.6. The molecule has 7 heteroatoms. The molecule has 5 aromatic rings. The summed E-state index contributed by atoms with van der Waals surface area (Å²) < 4.78 is 21.5. The molecule has 0 N–H and O–H groups in total. The van der Waals surface area contributed by atoms with Gasteiger partial charge in [-0.3, -0.25) is 9.56 Å². The summed E-state index contributed by atoms with van der Waals surface area (Å²) in [6, 6.07) is 27.6. The maximum absolute atomic E-state index is 15.0. The van der Waals surface area contributed by atoms with E-state index in [1.54, 1.807) is 25.2 Å². The number of thiophene rings is 1. The molecule has 2 aromatic heterocycles. The minimum atomic E-state index is -0.761. The summed E-state index contributed by atoms with van der Waals surface area (Å²) in [5.74, 6) is -0.819. The quantitative estimate of drug-likeness (QED) is 0.281. The van der Waals surface area contributed by atoms with Crippen LogP contribution in [-0.4, -0.2) is 16.3 Å². The van der Waals surface area contributed by atoms with Crippen LogP contribution in [0.15, 0.2) is 99.1 Å². The van der Waals surface area contributed by atoms with Gasteiger partial charge >= 0.3 is 5.76 Å². The van der Waals surface area contributed by atoms with Crippen molar-refractivity contribution in [3.05, 3.63) is 117 Å². The van der Waals surface area contributed by atoms with Crippen molar-refractivity contribution in [1.82, 2.24) is 4.57 Å². The molecule has 172 valence electrons. The standard InChI is InChI=1S/C28H20FN3O2S/c1-32-23-14-20(12-13-24(23)34-28(32)33)25-16-22(29)26(35-25)15-21(17-30)31-27(18-8-4-2-5-9-18)19-10-6-3-7-11-19/h2-14,16,21H,15H2,1H3. The number of aromatic nitrogens is 1. The Morgan fingerprint density at radius 3 is 2.34 bits per heavy atom. The summed E-state index contributed by atoms with van der Waals surface area (Å²) in [6.07, 6.45) is 0.155. The molecule has 0 amide bonds. The van der Waals surface area contributed by atoms with E-state index in [0.29, 0.717) is 26.6 Å². The Morgan fingerprint density at radius 1 is 1.06 bits per heavy atom. The van der Waals surface area contributed by atoms with Crippen molar-refractivity contribution in [2.24, 2.45) is 12.0 Å². The van der Waals surface area contributed by atoms with Crippen molar-refractivity contribution in [1.29, 1.82) is 5.26 Å². The van der Waals surface area contributed by atoms with Crippen LogP contribution in [0.4, 0.5) is 4.39 Å². The second kappa shape index (κ2) is 9.53. The molecule has 5 nitrogen and oxygen atoms in total. The Balaban J connectivity index is 1.48. The van der Waals surface area contributed by atoms with Crippen LogP contribution in [0.5, 0.6) is 0 Å². The highest BCUT2D eigenvalue weighted by atomic mass is 32.1. The Labute approximate surface area is 205 Å². The van der Waals surface area contributed by atoms with E-state index < -0.39 is 11.8 Å². The van der Waals surface area contributed by atoms with Gasteiger partial charge in [0.05, 0.1) is 17.3 Å². The number of rotatable bonds is 6. The van der Waals surface area contributed by atoms with E-state index in [2.05, 4.69) is 6.07 Å². The van der Waals surface area contributed by atoms with Crippen LogP contribution in [0.3, 0.4) is 0 Å². The molecule has 0 spiro atoms. The number of nitriles is 1. The number of benzene rings is 3. The van der Waals surface area contributed by atoms with Crippen molar-refractivity contribution in [2.75, 3.05) is 0 Å². The third-order valence-corrected chi connectivity index (χ3v) is 6.92. The van der Waals surface area contributed by atoms with Crippen molar-refractivity contribution in [3.8, 4) is 16.5 Å². The van der Waals surface area contributed by atoms with Gasteiger partial charge in [0.1, 0.15) is 11.9 Å². The van der Waals surface area contributed by atoms with Crippen LogP contribution < -0.4 is 5.76 Å². The molecule has 5 rings (SSSR count). The molecular formula is C28H20FN3O2S. The Bertz CT molecular complexity index is 1580. The molecule has 0 bridgehead atoms. The van der Waals surface area contributed by atoms with Gasteiger partial charge in [0.2, 0.25) is 0 Å². The second-order valence-corrected chi connectivity index (χ2v) is 9.19. The number of nitrogens with zero attached hydrogens (tertiary/aromatic N) is 3. The fourth-order valence-electron chi connectivity index (χ4n) is 3.93. The van der Waals surface area contributed by atoms with Gasteiger partial charge < -0.3 is 4.42 Å². The Kier molecular flexibility index (Phi) is 6.13. The van der Waals surface area contributed by atoms with E-state index in [4.69, 9.17) is 9.41 Å². The normalized spacial score (nSPS) is 11.8. The SMILES string of the molecule is Cn1c(=O)oc2ccc(-c3cc(F)c(CC(C#N)N=C(c4ccccc4)c4ccccc4)s3)cc21. The van der Waals surface area contributed by atoms with E-state index in [1.807, 2.05) is 60.7 Å². The fourth-order valence-corrected chi connectivity index (χ4v) is 5.00. The van der Waals surface area contributed by atoms with Crippen LogP contribution in [0.25, 0.3) is 21.5 Å². The molecule has 0 aliphatic heterocycles. The average molecular weight is 482 g/mol. The van der Waals surface area contributed by atoms with Gasteiger partial charge in [0.25, 0.3) is 0 Å². The molecule has 35 heavy (non-hydrogen) atoms. The lowest BCUT2D eigenvalue weighted by molar-refractivity contribution is 0.528. The summed E-state index contributed by atoms with van der Waals surface area (Å²) >= 11 is 1.28. The number of hydrogen-bond donors (Lipinski definition) is 0. The minimum Gasteiger partial charge on any atom is -0.408 e. The Hall–Kier alpha value is -4.28. The lowest BCUT2D eigenvalue weighted by atomic mass is 10.0. The first-order valence-corrected chi connectivity index (χ1v) is 11.8. The van der Waals surface area contributed by atoms with Crippen LogP contribution in [0, 0.1) is 17.1 Å². The number of aliphatic imine (C=N–C) groups is 1. The molecule has 0 aliphatic carbocycles. The molecule has 0 saturated heterocycles. The first kappa shape index (κ1) is 22.5. The first-order valence-electron chi connectivity index (χ1n) is 11.0. The summed E-state index contributed by atoms with van der Waals surface area (Å²) in [5, 5.41) is 9.88. The van der Waals surface area contributed by atoms with Crippen LogP contribution >= 0.6 is 11.3 Å². The van der Waals surface area contributed by atoms with E-state index in [9.17, 15) is 14.4 Å². The van der Waals surface area contributed by atoms with Gasteiger partial charge in [0, 0.05) is 34.3 Å². The van der Waals surface area contributed by atoms with Crippen LogP contribution in [0.2, 0.25) is 0 Å². The summed E-state index contributed by atoms with van der Waals surface area (Å²) in [4.78, 5) is 17.7. The van der Waals surface area contributed by atoms with E-state index in [-0.39, 0.29) is 12.2 Å². The van der Waals surface area contributed by atoms with Crippen molar-refractivity contribution in [3.63, 3.8) is 0 Å². The van der Waals surface area contributed by atoms with Gasteiger partial charge in [-0.1, -0.05) is 60.7 Å². The summed E-state index contributed by atoms with van der Waals surface area (Å²) in [5.41, 5.74) is 4.37. The molecule has 0 radical (unpaired) electrons. The number of aryl methyl sites for hydroxylation is 1. The van der Waals surface area contributed by atoms with Crippen molar-refractivity contribution >= 4 is 28.1 Å². The number of halogens is 1. The highest BCUT2D eigenvalue weighted by Gasteiger charge is 2.18. The predicted octanol–water partition coefficient (Wildman–Crippen LogP) is 5.97. The molecule has 0 fully saturated rings. The average Bonchev–Trinajstić information content (AvgIpc) is 3.40. The van der Waals surface area contributed by atoms with E-state index in [0.717, 1.165) is 16.7 Å². The highest BCUT2D eigenvalue weighted by Crippen LogP contribution is 2.33. The molecular weight excluding hydrogens is 461 g/mol. The largest absolute Gasteiger partial charge is 0.419 e. The lowest BCUT2D eigenvalue weighted by Crippen LogP contribution is -2.12. The van der Waals surface area contributed by atoms with Crippen molar-refractivity contribution in [2.45, 2.75) is 12.5 Å². The third-order valence-electron chi connectivity index (χ3n) is 5.74. The maximum Gasteiger partial charge on any atom is 0.419 e.